The third-order valence-corrected chi connectivity index (χ3v) is 4.33. The van der Waals surface area contributed by atoms with Gasteiger partial charge in [0.1, 0.15) is 0 Å². The highest BCUT2D eigenvalue weighted by molar-refractivity contribution is 5.94. The van der Waals surface area contributed by atoms with Crippen molar-refractivity contribution < 1.29 is 9.18 Å². The first-order valence-corrected chi connectivity index (χ1v) is 7.39. The number of hydrogen-bond donors (Lipinski definition) is 1. The maximum atomic E-state index is 13.1. The van der Waals surface area contributed by atoms with Gasteiger partial charge in [0.25, 0.3) is 5.91 Å². The SMILES string of the molecule is CC(C)[C@@H]1CC[C@H](C)C[C@H]1NC(=O)c1ccnc(F)c1. The number of carbonyl (C=O) groups excluding carboxylic acids is 1. The molecular weight excluding hydrogens is 255 g/mol. The molecule has 20 heavy (non-hydrogen) atoms. The van der Waals surface area contributed by atoms with Gasteiger partial charge in [0, 0.05) is 23.9 Å². The molecule has 0 unspecified atom stereocenters. The van der Waals surface area contributed by atoms with E-state index in [1.165, 1.54) is 18.7 Å². The van der Waals surface area contributed by atoms with Crippen molar-refractivity contribution in [2.75, 3.05) is 0 Å². The van der Waals surface area contributed by atoms with Crippen LogP contribution in [0.25, 0.3) is 0 Å². The van der Waals surface area contributed by atoms with Crippen molar-refractivity contribution in [3.05, 3.63) is 29.8 Å². The Morgan fingerprint density at radius 3 is 2.85 bits per heavy atom. The van der Waals surface area contributed by atoms with Crippen LogP contribution in [0.2, 0.25) is 0 Å². The highest BCUT2D eigenvalue weighted by atomic mass is 19.1. The van der Waals surface area contributed by atoms with Gasteiger partial charge >= 0.3 is 0 Å². The fourth-order valence-corrected chi connectivity index (χ4v) is 3.16. The minimum atomic E-state index is -0.616. The molecule has 1 aliphatic carbocycles. The Morgan fingerprint density at radius 2 is 2.20 bits per heavy atom. The fourth-order valence-electron chi connectivity index (χ4n) is 3.16. The molecule has 1 amide bonds. The van der Waals surface area contributed by atoms with Gasteiger partial charge in [0.2, 0.25) is 5.95 Å². The van der Waals surface area contributed by atoms with E-state index in [-0.39, 0.29) is 11.9 Å². The van der Waals surface area contributed by atoms with E-state index in [9.17, 15) is 9.18 Å². The molecule has 0 bridgehead atoms. The van der Waals surface area contributed by atoms with Crippen LogP contribution < -0.4 is 5.32 Å². The van der Waals surface area contributed by atoms with E-state index < -0.39 is 5.95 Å². The zero-order valence-corrected chi connectivity index (χ0v) is 12.4. The van der Waals surface area contributed by atoms with Crippen LogP contribution in [0.4, 0.5) is 4.39 Å². The third-order valence-electron chi connectivity index (χ3n) is 4.33. The molecule has 0 aliphatic heterocycles. The second-order valence-corrected chi connectivity index (χ2v) is 6.27. The van der Waals surface area contributed by atoms with Crippen molar-refractivity contribution in [2.24, 2.45) is 17.8 Å². The Kier molecular flexibility index (Phi) is 4.73. The van der Waals surface area contributed by atoms with Gasteiger partial charge in [-0.25, -0.2) is 4.98 Å². The first kappa shape index (κ1) is 14.9. The highest BCUT2D eigenvalue weighted by Gasteiger charge is 2.31. The van der Waals surface area contributed by atoms with E-state index in [2.05, 4.69) is 31.1 Å². The molecule has 1 aromatic rings. The number of nitrogens with zero attached hydrogens (tertiary/aromatic N) is 1. The van der Waals surface area contributed by atoms with Crippen molar-refractivity contribution in [2.45, 2.75) is 46.1 Å². The maximum Gasteiger partial charge on any atom is 0.251 e. The summed E-state index contributed by atoms with van der Waals surface area (Å²) in [6.45, 7) is 6.62. The molecule has 1 aliphatic rings. The predicted octanol–water partition coefficient (Wildman–Crippen LogP) is 3.41. The van der Waals surface area contributed by atoms with Gasteiger partial charge in [0.15, 0.2) is 0 Å². The van der Waals surface area contributed by atoms with Gasteiger partial charge in [-0.1, -0.05) is 27.2 Å². The number of pyridine rings is 1. The van der Waals surface area contributed by atoms with Crippen LogP contribution in [0.3, 0.4) is 0 Å². The van der Waals surface area contributed by atoms with Crippen molar-refractivity contribution in [1.82, 2.24) is 10.3 Å². The van der Waals surface area contributed by atoms with Crippen LogP contribution in [0.15, 0.2) is 18.3 Å². The lowest BCUT2D eigenvalue weighted by Gasteiger charge is -2.37. The first-order chi connectivity index (χ1) is 9.47. The molecule has 4 heteroatoms. The summed E-state index contributed by atoms with van der Waals surface area (Å²) in [5.74, 6) is 0.861. The molecule has 0 radical (unpaired) electrons. The Morgan fingerprint density at radius 1 is 1.45 bits per heavy atom. The fraction of sp³-hybridized carbons (Fsp3) is 0.625. The predicted molar refractivity (Wildman–Crippen MR) is 76.8 cm³/mol. The standard InChI is InChI=1S/C16H23FN2O/c1-10(2)13-5-4-11(3)8-14(13)19-16(20)12-6-7-18-15(17)9-12/h6-7,9-11,13-14H,4-5,8H2,1-3H3,(H,19,20)/t11-,13-,14+/m0/s1. The summed E-state index contributed by atoms with van der Waals surface area (Å²) >= 11 is 0. The minimum absolute atomic E-state index is 0.183. The van der Waals surface area contributed by atoms with E-state index in [0.717, 1.165) is 12.8 Å². The number of amides is 1. The molecule has 0 aromatic carbocycles. The lowest BCUT2D eigenvalue weighted by atomic mass is 9.74. The molecule has 1 saturated carbocycles. The van der Waals surface area contributed by atoms with Crippen LogP contribution in [0, 0.1) is 23.7 Å². The summed E-state index contributed by atoms with van der Waals surface area (Å²) in [5.41, 5.74) is 0.346. The lowest BCUT2D eigenvalue weighted by Crippen LogP contribution is -2.45. The molecule has 3 atom stereocenters. The summed E-state index contributed by atoms with van der Waals surface area (Å²) < 4.78 is 13.1. The zero-order chi connectivity index (χ0) is 14.7. The smallest absolute Gasteiger partial charge is 0.251 e. The normalized spacial score (nSPS) is 26.6. The van der Waals surface area contributed by atoms with Gasteiger partial charge in [0.05, 0.1) is 0 Å². The molecule has 1 fully saturated rings. The number of halogens is 1. The monoisotopic (exact) mass is 278 g/mol. The van der Waals surface area contributed by atoms with Crippen molar-refractivity contribution in [3.8, 4) is 0 Å². The number of carbonyl (C=O) groups is 1. The average molecular weight is 278 g/mol. The van der Waals surface area contributed by atoms with Gasteiger partial charge in [-0.2, -0.15) is 4.39 Å². The highest BCUT2D eigenvalue weighted by Crippen LogP contribution is 2.33. The van der Waals surface area contributed by atoms with E-state index >= 15 is 0 Å². The third kappa shape index (κ3) is 3.56. The van der Waals surface area contributed by atoms with Crippen LogP contribution in [-0.4, -0.2) is 16.9 Å². The van der Waals surface area contributed by atoms with Crippen LogP contribution >= 0.6 is 0 Å². The molecule has 1 aromatic heterocycles. The second-order valence-electron chi connectivity index (χ2n) is 6.27. The van der Waals surface area contributed by atoms with Gasteiger partial charge in [-0.3, -0.25) is 4.79 Å². The van der Waals surface area contributed by atoms with Gasteiger partial charge in [-0.05, 0) is 36.7 Å². The summed E-state index contributed by atoms with van der Waals surface area (Å²) in [7, 11) is 0. The lowest BCUT2D eigenvalue weighted by molar-refractivity contribution is 0.0867. The minimum Gasteiger partial charge on any atom is -0.349 e. The largest absolute Gasteiger partial charge is 0.349 e. The Hall–Kier alpha value is -1.45. The Labute approximate surface area is 120 Å². The Bertz CT molecular complexity index is 475. The van der Waals surface area contributed by atoms with E-state index in [4.69, 9.17) is 0 Å². The summed E-state index contributed by atoms with van der Waals surface area (Å²) in [5, 5.41) is 3.09. The number of aromatic nitrogens is 1. The van der Waals surface area contributed by atoms with E-state index in [1.54, 1.807) is 6.07 Å². The first-order valence-electron chi connectivity index (χ1n) is 7.39. The van der Waals surface area contributed by atoms with Crippen molar-refractivity contribution >= 4 is 5.91 Å². The number of nitrogens with one attached hydrogen (secondary N) is 1. The summed E-state index contributed by atoms with van der Waals surface area (Å²) in [6, 6.07) is 2.92. The van der Waals surface area contributed by atoms with Gasteiger partial charge < -0.3 is 5.32 Å². The topological polar surface area (TPSA) is 42.0 Å². The molecule has 3 nitrogen and oxygen atoms in total. The van der Waals surface area contributed by atoms with Crippen LogP contribution in [0.5, 0.6) is 0 Å². The maximum absolute atomic E-state index is 13.1. The molecule has 1 N–H and O–H groups in total. The van der Waals surface area contributed by atoms with Crippen molar-refractivity contribution in [1.29, 1.82) is 0 Å². The van der Waals surface area contributed by atoms with Gasteiger partial charge in [-0.15, -0.1) is 0 Å². The average Bonchev–Trinajstić information content (AvgIpc) is 2.38. The molecule has 0 saturated heterocycles. The van der Waals surface area contributed by atoms with Crippen LogP contribution in [0.1, 0.15) is 50.4 Å². The molecule has 110 valence electrons. The molecular formula is C16H23FN2O. The van der Waals surface area contributed by atoms with Crippen LogP contribution in [-0.2, 0) is 0 Å². The summed E-state index contributed by atoms with van der Waals surface area (Å²) in [6.07, 6.45) is 4.70. The van der Waals surface area contributed by atoms with Crippen molar-refractivity contribution in [3.63, 3.8) is 0 Å². The quantitative estimate of drug-likeness (QED) is 0.861. The van der Waals surface area contributed by atoms with E-state index in [0.29, 0.717) is 23.3 Å². The number of hydrogen-bond acceptors (Lipinski definition) is 2. The molecule has 1 heterocycles. The summed E-state index contributed by atoms with van der Waals surface area (Å²) in [4.78, 5) is 15.7. The number of rotatable bonds is 3. The molecule has 0 spiro atoms. The second kappa shape index (κ2) is 6.33. The zero-order valence-electron chi connectivity index (χ0n) is 12.4. The Balaban J connectivity index is 2.08. The van der Waals surface area contributed by atoms with E-state index in [1.807, 2.05) is 0 Å². The molecule has 2 rings (SSSR count).